The molecular weight excluding hydrogens is 256 g/mol. The van der Waals surface area contributed by atoms with Crippen molar-refractivity contribution in [3.8, 4) is 0 Å². The zero-order chi connectivity index (χ0) is 14.2. The number of benzene rings is 2. The predicted octanol–water partition coefficient (Wildman–Crippen LogP) is 3.56. The van der Waals surface area contributed by atoms with Crippen LogP contribution in [-0.2, 0) is 0 Å². The molecule has 0 aliphatic heterocycles. The molecule has 2 fully saturated rings. The second kappa shape index (κ2) is 5.43. The Labute approximate surface area is 126 Å². The molecule has 0 bridgehead atoms. The van der Waals surface area contributed by atoms with Gasteiger partial charge in [-0.25, -0.2) is 0 Å². The summed E-state index contributed by atoms with van der Waals surface area (Å²) in [6, 6.07) is 17.4. The molecule has 2 aromatic rings. The average Bonchev–Trinajstić information content (AvgIpc) is 3.28. The molecule has 21 heavy (non-hydrogen) atoms. The lowest BCUT2D eigenvalue weighted by molar-refractivity contribution is 0.339. The molecule has 1 unspecified atom stereocenters. The molecule has 0 radical (unpaired) electrons. The van der Waals surface area contributed by atoms with Gasteiger partial charge in [0.05, 0.1) is 0 Å². The van der Waals surface area contributed by atoms with Crippen molar-refractivity contribution in [2.75, 3.05) is 0 Å². The third-order valence-electron chi connectivity index (χ3n) is 5.21. The van der Waals surface area contributed by atoms with Gasteiger partial charge in [-0.2, -0.15) is 0 Å². The van der Waals surface area contributed by atoms with Gasteiger partial charge in [0.1, 0.15) is 0 Å². The van der Waals surface area contributed by atoms with Crippen molar-refractivity contribution in [1.82, 2.24) is 5.32 Å². The molecular formula is C19H24N2. The Balaban J connectivity index is 1.41. The lowest BCUT2D eigenvalue weighted by Gasteiger charge is -2.27. The largest absolute Gasteiger partial charge is 0.328 e. The fourth-order valence-corrected chi connectivity index (χ4v) is 3.77. The number of hydrogen-bond acceptors (Lipinski definition) is 2. The molecule has 2 aromatic carbocycles. The fourth-order valence-electron chi connectivity index (χ4n) is 3.77. The van der Waals surface area contributed by atoms with E-state index in [1.165, 1.54) is 48.4 Å². The molecule has 110 valence electrons. The van der Waals surface area contributed by atoms with Crippen LogP contribution in [0, 0.1) is 0 Å². The summed E-state index contributed by atoms with van der Waals surface area (Å²) in [4.78, 5) is 0. The first-order valence-corrected chi connectivity index (χ1v) is 8.30. The molecule has 2 atom stereocenters. The van der Waals surface area contributed by atoms with Crippen LogP contribution < -0.4 is 11.1 Å². The minimum Gasteiger partial charge on any atom is -0.328 e. The Morgan fingerprint density at radius 3 is 2.48 bits per heavy atom. The zero-order valence-corrected chi connectivity index (χ0v) is 12.5. The highest BCUT2D eigenvalue weighted by Gasteiger charge is 2.39. The maximum absolute atomic E-state index is 5.99. The molecule has 0 heterocycles. The van der Waals surface area contributed by atoms with E-state index in [0.717, 1.165) is 0 Å². The standard InChI is InChI=1S/C19H24N2/c20-16-7-9-17(10-8-16)21-19-12-18(19)15-6-5-13-3-1-2-4-14(13)11-15/h1-6,11,16-19,21H,7-10,12,20H2/t16?,17?,18?,19-/m1/s1. The number of fused-ring (bicyclic) bond motifs is 1. The molecule has 3 N–H and O–H groups in total. The van der Waals surface area contributed by atoms with Gasteiger partial charge in [-0.15, -0.1) is 0 Å². The summed E-state index contributed by atoms with van der Waals surface area (Å²) in [7, 11) is 0. The quantitative estimate of drug-likeness (QED) is 0.902. The van der Waals surface area contributed by atoms with Crippen LogP contribution in [0.25, 0.3) is 10.8 Å². The SMILES string of the molecule is NC1CCC(N[C@@H]2CC2c2ccc3ccccc3c2)CC1. The van der Waals surface area contributed by atoms with Crippen molar-refractivity contribution >= 4 is 10.8 Å². The van der Waals surface area contributed by atoms with E-state index in [0.29, 0.717) is 24.0 Å². The molecule has 2 aliphatic carbocycles. The van der Waals surface area contributed by atoms with E-state index in [2.05, 4.69) is 47.8 Å². The third-order valence-corrected chi connectivity index (χ3v) is 5.21. The summed E-state index contributed by atoms with van der Waals surface area (Å²) in [5, 5.41) is 6.56. The summed E-state index contributed by atoms with van der Waals surface area (Å²) < 4.78 is 0. The maximum Gasteiger partial charge on any atom is 0.0145 e. The van der Waals surface area contributed by atoms with Gasteiger partial charge < -0.3 is 11.1 Å². The smallest absolute Gasteiger partial charge is 0.0145 e. The molecule has 0 spiro atoms. The molecule has 0 saturated heterocycles. The van der Waals surface area contributed by atoms with Crippen LogP contribution in [-0.4, -0.2) is 18.1 Å². The zero-order valence-electron chi connectivity index (χ0n) is 12.5. The van der Waals surface area contributed by atoms with Gasteiger partial charge in [0, 0.05) is 24.0 Å². The van der Waals surface area contributed by atoms with Crippen LogP contribution in [0.5, 0.6) is 0 Å². The summed E-state index contributed by atoms with van der Waals surface area (Å²) in [5.41, 5.74) is 7.49. The number of nitrogens with two attached hydrogens (primary N) is 1. The van der Waals surface area contributed by atoms with Crippen LogP contribution in [0.15, 0.2) is 42.5 Å². The molecule has 2 heteroatoms. The molecule has 0 aromatic heterocycles. The first-order chi connectivity index (χ1) is 10.3. The van der Waals surface area contributed by atoms with Gasteiger partial charge in [-0.05, 0) is 48.4 Å². The van der Waals surface area contributed by atoms with Crippen molar-refractivity contribution in [2.24, 2.45) is 5.73 Å². The van der Waals surface area contributed by atoms with E-state index in [-0.39, 0.29) is 0 Å². The topological polar surface area (TPSA) is 38.0 Å². The Bertz CT molecular complexity index is 628. The molecule has 0 amide bonds. The Morgan fingerprint density at radius 1 is 0.905 bits per heavy atom. The first kappa shape index (κ1) is 13.3. The summed E-state index contributed by atoms with van der Waals surface area (Å²) >= 11 is 0. The Hall–Kier alpha value is -1.38. The van der Waals surface area contributed by atoms with E-state index in [1.54, 1.807) is 0 Å². The number of hydrogen-bond donors (Lipinski definition) is 2. The van der Waals surface area contributed by atoms with E-state index in [1.807, 2.05) is 0 Å². The van der Waals surface area contributed by atoms with Crippen molar-refractivity contribution in [2.45, 2.75) is 56.1 Å². The van der Waals surface area contributed by atoms with Crippen molar-refractivity contribution in [3.05, 3.63) is 48.0 Å². The summed E-state index contributed by atoms with van der Waals surface area (Å²) in [5.74, 6) is 0.713. The van der Waals surface area contributed by atoms with Crippen LogP contribution in [0.3, 0.4) is 0 Å². The second-order valence-corrected chi connectivity index (χ2v) is 6.83. The van der Waals surface area contributed by atoms with Gasteiger partial charge in [0.15, 0.2) is 0 Å². The molecule has 2 saturated carbocycles. The van der Waals surface area contributed by atoms with Gasteiger partial charge in [0.25, 0.3) is 0 Å². The molecule has 2 aliphatic rings. The summed E-state index contributed by atoms with van der Waals surface area (Å²) in [6.07, 6.45) is 6.17. The van der Waals surface area contributed by atoms with Crippen LogP contribution in [0.4, 0.5) is 0 Å². The molecule has 2 nitrogen and oxygen atoms in total. The minimum absolute atomic E-state index is 0.443. The molecule has 4 rings (SSSR count). The van der Waals surface area contributed by atoms with Gasteiger partial charge >= 0.3 is 0 Å². The van der Waals surface area contributed by atoms with Crippen molar-refractivity contribution < 1.29 is 0 Å². The normalized spacial score (nSPS) is 32.2. The van der Waals surface area contributed by atoms with Crippen molar-refractivity contribution in [1.29, 1.82) is 0 Å². The highest BCUT2D eigenvalue weighted by atomic mass is 15.0. The van der Waals surface area contributed by atoms with E-state index < -0.39 is 0 Å². The Kier molecular flexibility index (Phi) is 3.44. The van der Waals surface area contributed by atoms with E-state index >= 15 is 0 Å². The second-order valence-electron chi connectivity index (χ2n) is 6.83. The Morgan fingerprint density at radius 2 is 1.67 bits per heavy atom. The van der Waals surface area contributed by atoms with Crippen LogP contribution in [0.1, 0.15) is 43.6 Å². The van der Waals surface area contributed by atoms with E-state index in [9.17, 15) is 0 Å². The van der Waals surface area contributed by atoms with Gasteiger partial charge in [-0.3, -0.25) is 0 Å². The van der Waals surface area contributed by atoms with Crippen molar-refractivity contribution in [3.63, 3.8) is 0 Å². The monoisotopic (exact) mass is 280 g/mol. The predicted molar refractivity (Wildman–Crippen MR) is 88.5 cm³/mol. The van der Waals surface area contributed by atoms with Gasteiger partial charge in [0.2, 0.25) is 0 Å². The first-order valence-electron chi connectivity index (χ1n) is 8.30. The van der Waals surface area contributed by atoms with Crippen LogP contribution >= 0.6 is 0 Å². The number of nitrogens with one attached hydrogen (secondary N) is 1. The number of rotatable bonds is 3. The lowest BCUT2D eigenvalue weighted by atomic mass is 9.92. The van der Waals surface area contributed by atoms with Crippen LogP contribution in [0.2, 0.25) is 0 Å². The lowest BCUT2D eigenvalue weighted by Crippen LogP contribution is -2.38. The average molecular weight is 280 g/mol. The minimum atomic E-state index is 0.443. The highest BCUT2D eigenvalue weighted by molar-refractivity contribution is 5.83. The highest BCUT2D eigenvalue weighted by Crippen LogP contribution is 2.42. The van der Waals surface area contributed by atoms with Gasteiger partial charge in [-0.1, -0.05) is 42.5 Å². The maximum atomic E-state index is 5.99. The van der Waals surface area contributed by atoms with E-state index in [4.69, 9.17) is 5.73 Å². The third kappa shape index (κ3) is 2.83. The summed E-state index contributed by atoms with van der Waals surface area (Å²) in [6.45, 7) is 0. The fraction of sp³-hybridized carbons (Fsp3) is 0.474.